The third kappa shape index (κ3) is 2.66. The van der Waals surface area contributed by atoms with Crippen molar-refractivity contribution in [3.8, 4) is 6.07 Å². The van der Waals surface area contributed by atoms with E-state index in [1.807, 2.05) is 13.0 Å². The van der Waals surface area contributed by atoms with E-state index in [1.54, 1.807) is 0 Å². The van der Waals surface area contributed by atoms with Crippen molar-refractivity contribution < 1.29 is 8.42 Å². The average Bonchev–Trinajstić information content (AvgIpc) is 3.07. The van der Waals surface area contributed by atoms with E-state index < -0.39 is 10.0 Å². The third-order valence-electron chi connectivity index (χ3n) is 3.10. The van der Waals surface area contributed by atoms with Crippen LogP contribution in [-0.2, 0) is 10.0 Å². The molecule has 0 aliphatic heterocycles. The zero-order chi connectivity index (χ0) is 13.3. The van der Waals surface area contributed by atoms with Crippen LogP contribution in [0, 0.1) is 17.2 Å². The Morgan fingerprint density at radius 3 is 2.83 bits per heavy atom. The highest BCUT2D eigenvalue weighted by Crippen LogP contribution is 2.35. The van der Waals surface area contributed by atoms with Crippen LogP contribution in [0.15, 0.2) is 23.1 Å². The highest BCUT2D eigenvalue weighted by atomic mass is 35.5. The Morgan fingerprint density at radius 1 is 1.56 bits per heavy atom. The van der Waals surface area contributed by atoms with Gasteiger partial charge < -0.3 is 0 Å². The largest absolute Gasteiger partial charge is 0.242 e. The van der Waals surface area contributed by atoms with Crippen molar-refractivity contribution in [3.63, 3.8) is 0 Å². The highest BCUT2D eigenvalue weighted by molar-refractivity contribution is 7.89. The molecule has 1 aromatic rings. The van der Waals surface area contributed by atoms with Gasteiger partial charge in [0.25, 0.3) is 0 Å². The number of hydrogen-bond acceptors (Lipinski definition) is 3. The van der Waals surface area contributed by atoms with E-state index in [0.29, 0.717) is 5.92 Å². The van der Waals surface area contributed by atoms with Gasteiger partial charge in [-0.2, -0.15) is 5.26 Å². The molecule has 1 N–H and O–H groups in total. The summed E-state index contributed by atoms with van der Waals surface area (Å²) in [6.45, 7) is 2.03. The SMILES string of the molecule is CCC1CC1NS(=O)(=O)c1cc(C#N)ccc1Cl. The van der Waals surface area contributed by atoms with Gasteiger partial charge in [-0.05, 0) is 30.5 Å². The topological polar surface area (TPSA) is 70.0 Å². The molecule has 0 heterocycles. The predicted octanol–water partition coefficient (Wildman–Crippen LogP) is 2.29. The fourth-order valence-corrected chi connectivity index (χ4v) is 3.73. The van der Waals surface area contributed by atoms with Gasteiger partial charge in [-0.25, -0.2) is 13.1 Å². The van der Waals surface area contributed by atoms with Gasteiger partial charge in [0, 0.05) is 6.04 Å². The molecule has 96 valence electrons. The molecule has 1 aliphatic rings. The van der Waals surface area contributed by atoms with Crippen LogP contribution in [0.25, 0.3) is 0 Å². The normalized spacial score (nSPS) is 22.5. The minimum absolute atomic E-state index is 0.00167. The van der Waals surface area contributed by atoms with Crippen LogP contribution in [0.1, 0.15) is 25.3 Å². The fraction of sp³-hybridized carbons (Fsp3) is 0.417. The average molecular weight is 285 g/mol. The Kier molecular flexibility index (Phi) is 3.62. The number of hydrogen-bond donors (Lipinski definition) is 1. The van der Waals surface area contributed by atoms with Crippen molar-refractivity contribution in [2.75, 3.05) is 0 Å². The Hall–Kier alpha value is -1.09. The number of nitriles is 1. The molecule has 1 aliphatic carbocycles. The van der Waals surface area contributed by atoms with Gasteiger partial charge in [-0.15, -0.1) is 0 Å². The summed E-state index contributed by atoms with van der Waals surface area (Å²) in [5.74, 6) is 0.415. The molecule has 2 unspecified atom stereocenters. The van der Waals surface area contributed by atoms with Gasteiger partial charge in [-0.3, -0.25) is 0 Å². The van der Waals surface area contributed by atoms with E-state index in [1.165, 1.54) is 18.2 Å². The maximum atomic E-state index is 12.1. The molecule has 1 aromatic carbocycles. The number of benzene rings is 1. The highest BCUT2D eigenvalue weighted by Gasteiger charge is 2.39. The summed E-state index contributed by atoms with van der Waals surface area (Å²) in [5, 5.41) is 8.92. The standard InChI is InChI=1S/C12H13ClN2O2S/c1-2-9-6-11(9)15-18(16,17)12-5-8(7-14)3-4-10(12)13/h3-5,9,11,15H,2,6H2,1H3. The monoisotopic (exact) mass is 284 g/mol. The van der Waals surface area contributed by atoms with Gasteiger partial charge in [0.2, 0.25) is 10.0 Å². The molecule has 0 saturated heterocycles. The Labute approximate surface area is 112 Å². The molecule has 4 nitrogen and oxygen atoms in total. The van der Waals surface area contributed by atoms with Crippen LogP contribution in [0.3, 0.4) is 0 Å². The maximum absolute atomic E-state index is 12.1. The molecule has 1 fully saturated rings. The second kappa shape index (κ2) is 4.88. The minimum atomic E-state index is -3.64. The van der Waals surface area contributed by atoms with Crippen LogP contribution >= 0.6 is 11.6 Å². The van der Waals surface area contributed by atoms with Crippen molar-refractivity contribution in [1.29, 1.82) is 5.26 Å². The summed E-state index contributed by atoms with van der Waals surface area (Å²) < 4.78 is 26.9. The summed E-state index contributed by atoms with van der Waals surface area (Å²) in [6.07, 6.45) is 1.82. The molecule has 2 atom stereocenters. The van der Waals surface area contributed by atoms with Gasteiger partial charge >= 0.3 is 0 Å². The van der Waals surface area contributed by atoms with Crippen LogP contribution in [0.4, 0.5) is 0 Å². The summed E-state index contributed by atoms with van der Waals surface area (Å²) in [4.78, 5) is -0.0232. The first-order valence-electron chi connectivity index (χ1n) is 5.70. The Bertz CT molecular complexity index is 607. The van der Waals surface area contributed by atoms with E-state index in [4.69, 9.17) is 16.9 Å². The quantitative estimate of drug-likeness (QED) is 0.922. The smallest absolute Gasteiger partial charge is 0.208 e. The van der Waals surface area contributed by atoms with Gasteiger partial charge in [0.15, 0.2) is 0 Å². The molecule has 0 amide bonds. The molecule has 0 aromatic heterocycles. The van der Waals surface area contributed by atoms with E-state index in [0.717, 1.165) is 12.8 Å². The van der Waals surface area contributed by atoms with Crippen molar-refractivity contribution in [3.05, 3.63) is 28.8 Å². The van der Waals surface area contributed by atoms with Crippen LogP contribution in [0.2, 0.25) is 5.02 Å². The molecule has 0 bridgehead atoms. The Balaban J connectivity index is 2.27. The Morgan fingerprint density at radius 2 is 2.28 bits per heavy atom. The number of rotatable bonds is 4. The first-order valence-corrected chi connectivity index (χ1v) is 7.56. The lowest BCUT2D eigenvalue weighted by atomic mass is 10.2. The van der Waals surface area contributed by atoms with Crippen LogP contribution in [-0.4, -0.2) is 14.5 Å². The fourth-order valence-electron chi connectivity index (χ4n) is 1.88. The zero-order valence-corrected chi connectivity index (χ0v) is 11.4. The van der Waals surface area contributed by atoms with Crippen LogP contribution < -0.4 is 4.72 Å². The summed E-state index contributed by atoms with van der Waals surface area (Å²) in [6, 6.07) is 6.13. The van der Waals surface area contributed by atoms with Crippen molar-refractivity contribution in [2.24, 2.45) is 5.92 Å². The third-order valence-corrected chi connectivity index (χ3v) is 5.07. The minimum Gasteiger partial charge on any atom is -0.208 e. The van der Waals surface area contributed by atoms with E-state index in [2.05, 4.69) is 4.72 Å². The number of nitrogens with zero attached hydrogens (tertiary/aromatic N) is 1. The number of halogens is 1. The van der Waals surface area contributed by atoms with Gasteiger partial charge in [0.05, 0.1) is 16.7 Å². The first-order chi connectivity index (χ1) is 8.47. The molecule has 18 heavy (non-hydrogen) atoms. The lowest BCUT2D eigenvalue weighted by Crippen LogP contribution is -2.27. The summed E-state index contributed by atoms with van der Waals surface area (Å²) >= 11 is 5.88. The molecular formula is C12H13ClN2O2S. The van der Waals surface area contributed by atoms with Crippen molar-refractivity contribution >= 4 is 21.6 Å². The first kappa shape index (κ1) is 13.3. The zero-order valence-electron chi connectivity index (χ0n) is 9.85. The summed E-state index contributed by atoms with van der Waals surface area (Å²) in [5.41, 5.74) is 0.280. The predicted molar refractivity (Wildman–Crippen MR) is 68.7 cm³/mol. The lowest BCUT2D eigenvalue weighted by molar-refractivity contribution is 0.576. The maximum Gasteiger partial charge on any atom is 0.242 e. The molecule has 2 rings (SSSR count). The second-order valence-electron chi connectivity index (χ2n) is 4.39. The van der Waals surface area contributed by atoms with E-state index in [9.17, 15) is 8.42 Å². The van der Waals surface area contributed by atoms with Crippen molar-refractivity contribution in [2.45, 2.75) is 30.7 Å². The number of sulfonamides is 1. The van der Waals surface area contributed by atoms with E-state index >= 15 is 0 Å². The lowest BCUT2D eigenvalue weighted by Gasteiger charge is -2.08. The molecule has 0 radical (unpaired) electrons. The van der Waals surface area contributed by atoms with Gasteiger partial charge in [-0.1, -0.05) is 24.9 Å². The second-order valence-corrected chi connectivity index (χ2v) is 6.48. The van der Waals surface area contributed by atoms with Crippen LogP contribution in [0.5, 0.6) is 0 Å². The van der Waals surface area contributed by atoms with Crippen molar-refractivity contribution in [1.82, 2.24) is 4.72 Å². The van der Waals surface area contributed by atoms with Gasteiger partial charge in [0.1, 0.15) is 4.90 Å². The number of nitrogens with one attached hydrogen (secondary N) is 1. The van der Waals surface area contributed by atoms with E-state index in [-0.39, 0.29) is 21.5 Å². The molecular weight excluding hydrogens is 272 g/mol. The molecule has 0 spiro atoms. The summed E-state index contributed by atoms with van der Waals surface area (Å²) in [7, 11) is -3.64. The molecule has 6 heteroatoms. The molecule has 1 saturated carbocycles.